The summed E-state index contributed by atoms with van der Waals surface area (Å²) in [6, 6.07) is 11.9. The van der Waals surface area contributed by atoms with Crippen LogP contribution in [0.2, 0.25) is 0 Å². The minimum absolute atomic E-state index is 0.0505. The molecule has 3 rings (SSSR count). The molecule has 0 radical (unpaired) electrons. The van der Waals surface area contributed by atoms with E-state index in [1.165, 1.54) is 0 Å². The van der Waals surface area contributed by atoms with Gasteiger partial charge in [-0.1, -0.05) is 12.1 Å². The molecule has 2 heterocycles. The van der Waals surface area contributed by atoms with Crippen molar-refractivity contribution in [2.45, 2.75) is 24.7 Å². The molecule has 1 aromatic carbocycles. The number of aromatic nitrogens is 2. The summed E-state index contributed by atoms with van der Waals surface area (Å²) in [4.78, 5) is 15.9. The van der Waals surface area contributed by atoms with Gasteiger partial charge < -0.3 is 10.2 Å². The van der Waals surface area contributed by atoms with Crippen LogP contribution in [0.5, 0.6) is 0 Å². The highest BCUT2D eigenvalue weighted by atomic mass is 32.2. The number of thioether (sulfide) groups is 1. The zero-order chi connectivity index (χ0) is 16.9. The Morgan fingerprint density at radius 1 is 1.17 bits per heavy atom. The number of rotatable bonds is 4. The largest absolute Gasteiger partial charge is 0.355 e. The molecular formula is C18H22N4OS. The topological polar surface area (TPSA) is 58.1 Å². The lowest BCUT2D eigenvalue weighted by Crippen LogP contribution is -2.38. The molecule has 5 nitrogen and oxygen atoms in total. The number of benzene rings is 1. The van der Waals surface area contributed by atoms with E-state index in [0.29, 0.717) is 0 Å². The Hall–Kier alpha value is -2.08. The van der Waals surface area contributed by atoms with Gasteiger partial charge in [-0.2, -0.15) is 5.10 Å². The number of para-hydroxylation sites is 1. The third-order valence-corrected chi connectivity index (χ3v) is 5.13. The van der Waals surface area contributed by atoms with Crippen LogP contribution in [-0.4, -0.2) is 35.4 Å². The van der Waals surface area contributed by atoms with Crippen LogP contribution in [0.3, 0.4) is 0 Å². The van der Waals surface area contributed by atoms with Gasteiger partial charge in [0.2, 0.25) is 5.91 Å². The normalized spacial score (nSPS) is 15.3. The molecule has 1 N–H and O–H groups in total. The minimum atomic E-state index is 0.0505. The Kier molecular flexibility index (Phi) is 5.35. The number of carbonyl (C=O) groups is 1. The van der Waals surface area contributed by atoms with Crippen molar-refractivity contribution in [3.05, 3.63) is 42.1 Å². The molecule has 1 aliphatic rings. The Morgan fingerprint density at radius 3 is 2.58 bits per heavy atom. The van der Waals surface area contributed by atoms with Crippen molar-refractivity contribution in [1.82, 2.24) is 10.2 Å². The van der Waals surface area contributed by atoms with Crippen molar-refractivity contribution in [1.29, 1.82) is 0 Å². The molecule has 1 fully saturated rings. The number of hydrogen-bond acceptors (Lipinski definition) is 5. The molecule has 0 unspecified atom stereocenters. The first-order valence-electron chi connectivity index (χ1n) is 8.16. The van der Waals surface area contributed by atoms with Crippen LogP contribution in [0.15, 0.2) is 41.3 Å². The number of nitrogens with zero attached hydrogens (tertiary/aromatic N) is 3. The van der Waals surface area contributed by atoms with Gasteiger partial charge in [0, 0.05) is 23.9 Å². The van der Waals surface area contributed by atoms with E-state index in [4.69, 9.17) is 0 Å². The fraction of sp³-hybridized carbons (Fsp3) is 0.389. The first-order valence-corrected chi connectivity index (χ1v) is 9.39. The summed E-state index contributed by atoms with van der Waals surface area (Å²) in [5.74, 6) is 1.06. The van der Waals surface area contributed by atoms with Crippen LogP contribution in [0.4, 0.5) is 11.5 Å². The molecule has 0 bridgehead atoms. The molecule has 2 aromatic rings. The van der Waals surface area contributed by atoms with Crippen LogP contribution < -0.4 is 10.2 Å². The molecule has 126 valence electrons. The molecule has 6 heteroatoms. The Labute approximate surface area is 146 Å². The molecule has 0 aliphatic carbocycles. The maximum absolute atomic E-state index is 12.6. The van der Waals surface area contributed by atoms with E-state index >= 15 is 0 Å². The summed E-state index contributed by atoms with van der Waals surface area (Å²) in [7, 11) is 0. The van der Waals surface area contributed by atoms with Gasteiger partial charge in [-0.3, -0.25) is 4.79 Å². The second-order valence-corrected chi connectivity index (χ2v) is 6.83. The van der Waals surface area contributed by atoms with Gasteiger partial charge in [-0.05, 0) is 50.3 Å². The van der Waals surface area contributed by atoms with Crippen LogP contribution in [0, 0.1) is 12.8 Å². The SMILES string of the molecule is CSc1ccccc1NC(=O)C1CCN(c2ccc(C)nn2)CC1. The van der Waals surface area contributed by atoms with Crippen molar-refractivity contribution in [3.63, 3.8) is 0 Å². The lowest BCUT2D eigenvalue weighted by molar-refractivity contribution is -0.120. The third-order valence-electron chi connectivity index (χ3n) is 4.34. The molecule has 1 aromatic heterocycles. The van der Waals surface area contributed by atoms with Crippen LogP contribution in [0.1, 0.15) is 18.5 Å². The fourth-order valence-electron chi connectivity index (χ4n) is 2.91. The summed E-state index contributed by atoms with van der Waals surface area (Å²) in [5.41, 5.74) is 1.82. The first kappa shape index (κ1) is 16.8. The average molecular weight is 342 g/mol. The maximum Gasteiger partial charge on any atom is 0.227 e. The number of aryl methyl sites for hydroxylation is 1. The standard InChI is InChI=1S/C18H22N4OS/c1-13-7-8-17(21-20-13)22-11-9-14(10-12-22)18(23)19-15-5-3-4-6-16(15)24-2/h3-8,14H,9-12H2,1-2H3,(H,19,23). The second-order valence-electron chi connectivity index (χ2n) is 5.98. The van der Waals surface area contributed by atoms with E-state index < -0.39 is 0 Å². The maximum atomic E-state index is 12.6. The van der Waals surface area contributed by atoms with E-state index in [1.807, 2.05) is 49.6 Å². The number of carbonyl (C=O) groups excluding carboxylic acids is 1. The summed E-state index contributed by atoms with van der Waals surface area (Å²) < 4.78 is 0. The van der Waals surface area contributed by atoms with Gasteiger partial charge in [0.05, 0.1) is 11.4 Å². The monoisotopic (exact) mass is 342 g/mol. The summed E-state index contributed by atoms with van der Waals surface area (Å²) >= 11 is 1.64. The molecule has 0 saturated carbocycles. The quantitative estimate of drug-likeness (QED) is 0.864. The Bertz CT molecular complexity index is 696. The first-order chi connectivity index (χ1) is 11.7. The number of hydrogen-bond donors (Lipinski definition) is 1. The van der Waals surface area contributed by atoms with Crippen molar-refractivity contribution < 1.29 is 4.79 Å². The Morgan fingerprint density at radius 2 is 1.92 bits per heavy atom. The van der Waals surface area contributed by atoms with Gasteiger partial charge in [0.1, 0.15) is 0 Å². The number of piperidine rings is 1. The van der Waals surface area contributed by atoms with Crippen molar-refractivity contribution in [2.75, 3.05) is 29.6 Å². The molecule has 24 heavy (non-hydrogen) atoms. The van der Waals surface area contributed by atoms with Crippen molar-refractivity contribution >= 4 is 29.2 Å². The summed E-state index contributed by atoms with van der Waals surface area (Å²) in [5, 5.41) is 11.4. The van der Waals surface area contributed by atoms with E-state index in [9.17, 15) is 4.79 Å². The Balaban J connectivity index is 1.58. The summed E-state index contributed by atoms with van der Waals surface area (Å²) in [6.07, 6.45) is 3.69. The highest BCUT2D eigenvalue weighted by Crippen LogP contribution is 2.27. The van der Waals surface area contributed by atoms with Gasteiger partial charge in [-0.25, -0.2) is 0 Å². The lowest BCUT2D eigenvalue weighted by Gasteiger charge is -2.31. The summed E-state index contributed by atoms with van der Waals surface area (Å²) in [6.45, 7) is 3.60. The van der Waals surface area contributed by atoms with Gasteiger partial charge >= 0.3 is 0 Å². The molecule has 1 saturated heterocycles. The van der Waals surface area contributed by atoms with E-state index in [1.54, 1.807) is 11.8 Å². The van der Waals surface area contributed by atoms with E-state index in [2.05, 4.69) is 20.4 Å². The van der Waals surface area contributed by atoms with Crippen LogP contribution in [0.25, 0.3) is 0 Å². The zero-order valence-corrected chi connectivity index (χ0v) is 14.8. The third kappa shape index (κ3) is 3.87. The van der Waals surface area contributed by atoms with Gasteiger partial charge in [0.15, 0.2) is 5.82 Å². The highest BCUT2D eigenvalue weighted by molar-refractivity contribution is 7.98. The number of amides is 1. The molecule has 1 aliphatic heterocycles. The molecular weight excluding hydrogens is 320 g/mol. The number of anilines is 2. The number of nitrogens with one attached hydrogen (secondary N) is 1. The lowest BCUT2D eigenvalue weighted by atomic mass is 9.96. The molecule has 0 atom stereocenters. The second kappa shape index (κ2) is 7.66. The minimum Gasteiger partial charge on any atom is -0.355 e. The highest BCUT2D eigenvalue weighted by Gasteiger charge is 2.26. The van der Waals surface area contributed by atoms with Crippen molar-refractivity contribution in [3.8, 4) is 0 Å². The van der Waals surface area contributed by atoms with E-state index in [-0.39, 0.29) is 11.8 Å². The predicted octanol–water partition coefficient (Wildman–Crippen LogP) is 3.36. The fourth-order valence-corrected chi connectivity index (χ4v) is 3.47. The van der Waals surface area contributed by atoms with Gasteiger partial charge in [-0.15, -0.1) is 16.9 Å². The van der Waals surface area contributed by atoms with E-state index in [0.717, 1.165) is 48.0 Å². The van der Waals surface area contributed by atoms with Gasteiger partial charge in [0.25, 0.3) is 0 Å². The van der Waals surface area contributed by atoms with Crippen molar-refractivity contribution in [2.24, 2.45) is 5.92 Å². The molecule has 0 spiro atoms. The predicted molar refractivity (Wildman–Crippen MR) is 98.6 cm³/mol. The smallest absolute Gasteiger partial charge is 0.227 e. The average Bonchev–Trinajstić information content (AvgIpc) is 2.63. The van der Waals surface area contributed by atoms with Crippen LogP contribution in [-0.2, 0) is 4.79 Å². The van der Waals surface area contributed by atoms with Crippen LogP contribution >= 0.6 is 11.8 Å². The zero-order valence-electron chi connectivity index (χ0n) is 14.0. The molecule has 1 amide bonds.